The molecule has 0 aromatic heterocycles. The van der Waals surface area contributed by atoms with E-state index in [1.165, 1.54) is 6.42 Å². The Kier molecular flexibility index (Phi) is 3.27. The van der Waals surface area contributed by atoms with E-state index in [4.69, 9.17) is 5.11 Å². The summed E-state index contributed by atoms with van der Waals surface area (Å²) in [5.41, 5.74) is -1.17. The number of piperidine rings is 1. The van der Waals surface area contributed by atoms with Crippen LogP contribution >= 0.6 is 0 Å². The number of carboxylic acids is 1. The Morgan fingerprint density at radius 3 is 2.38 bits per heavy atom. The first-order valence-electron chi connectivity index (χ1n) is 4.71. The normalized spacial score (nSPS) is 23.8. The number of carbonyl (C=O) groups is 1. The van der Waals surface area contributed by atoms with Gasteiger partial charge in [-0.3, -0.25) is 9.69 Å². The molecule has 1 unspecified atom stereocenters. The molecular weight excluding hydrogens is 170 g/mol. The van der Waals surface area contributed by atoms with E-state index in [9.17, 15) is 9.90 Å². The maximum absolute atomic E-state index is 10.5. The Hall–Kier alpha value is -0.610. The van der Waals surface area contributed by atoms with Crippen LogP contribution < -0.4 is 0 Å². The quantitative estimate of drug-likeness (QED) is 0.681. The average molecular weight is 187 g/mol. The van der Waals surface area contributed by atoms with E-state index in [1.807, 2.05) is 4.90 Å². The number of carboxylic acid groups (broad SMARTS) is 1. The van der Waals surface area contributed by atoms with E-state index < -0.39 is 11.7 Å². The molecule has 0 aliphatic carbocycles. The molecule has 1 saturated heterocycles. The second kappa shape index (κ2) is 4.07. The van der Waals surface area contributed by atoms with Crippen LogP contribution in [-0.4, -0.2) is 39.9 Å². The molecule has 0 saturated carbocycles. The van der Waals surface area contributed by atoms with Gasteiger partial charge in [0.15, 0.2) is 0 Å². The summed E-state index contributed by atoms with van der Waals surface area (Å²) in [4.78, 5) is 12.3. The van der Waals surface area contributed by atoms with Crippen LogP contribution in [-0.2, 0) is 4.79 Å². The van der Waals surface area contributed by atoms with E-state index in [-0.39, 0.29) is 6.42 Å². The summed E-state index contributed by atoms with van der Waals surface area (Å²) < 4.78 is 0. The molecular formula is C9H17NO3. The van der Waals surface area contributed by atoms with E-state index in [0.717, 1.165) is 25.9 Å². The maximum Gasteiger partial charge on any atom is 0.307 e. The minimum absolute atomic E-state index is 0.201. The highest BCUT2D eigenvalue weighted by Crippen LogP contribution is 2.21. The van der Waals surface area contributed by atoms with Crippen LogP contribution in [0.25, 0.3) is 0 Å². The van der Waals surface area contributed by atoms with Crippen LogP contribution in [0.1, 0.15) is 32.6 Å². The van der Waals surface area contributed by atoms with Gasteiger partial charge in [-0.1, -0.05) is 6.42 Å². The van der Waals surface area contributed by atoms with Crippen molar-refractivity contribution < 1.29 is 15.0 Å². The zero-order valence-corrected chi connectivity index (χ0v) is 7.99. The molecule has 76 valence electrons. The Balaban J connectivity index is 2.50. The van der Waals surface area contributed by atoms with Crippen molar-refractivity contribution in [2.75, 3.05) is 13.1 Å². The third kappa shape index (κ3) is 2.97. The number of likely N-dealkylation sites (tertiary alicyclic amines) is 1. The Bertz CT molecular complexity index is 185. The molecule has 1 fully saturated rings. The molecule has 0 radical (unpaired) electrons. The molecule has 0 bridgehead atoms. The van der Waals surface area contributed by atoms with Crippen molar-refractivity contribution in [2.24, 2.45) is 0 Å². The SMILES string of the molecule is CC(O)(CC(=O)O)N1CCCCC1. The predicted octanol–water partition coefficient (Wildman–Crippen LogP) is 0.655. The third-order valence-corrected chi connectivity index (χ3v) is 2.52. The van der Waals surface area contributed by atoms with Gasteiger partial charge in [-0.05, 0) is 19.8 Å². The minimum atomic E-state index is -1.17. The van der Waals surface area contributed by atoms with Crippen LogP contribution in [0.15, 0.2) is 0 Å². The second-order valence-electron chi connectivity index (χ2n) is 3.84. The first-order valence-corrected chi connectivity index (χ1v) is 4.71. The van der Waals surface area contributed by atoms with Gasteiger partial charge in [-0.25, -0.2) is 0 Å². The van der Waals surface area contributed by atoms with Gasteiger partial charge in [0.25, 0.3) is 0 Å². The molecule has 0 amide bonds. The average Bonchev–Trinajstić information content (AvgIpc) is 2.04. The van der Waals surface area contributed by atoms with E-state index in [1.54, 1.807) is 6.92 Å². The summed E-state index contributed by atoms with van der Waals surface area (Å²) in [6, 6.07) is 0. The Morgan fingerprint density at radius 1 is 1.38 bits per heavy atom. The largest absolute Gasteiger partial charge is 0.481 e. The van der Waals surface area contributed by atoms with E-state index in [0.29, 0.717) is 0 Å². The van der Waals surface area contributed by atoms with Crippen molar-refractivity contribution in [1.29, 1.82) is 0 Å². The van der Waals surface area contributed by atoms with Gasteiger partial charge in [0.2, 0.25) is 0 Å². The first-order chi connectivity index (χ1) is 6.02. The molecule has 0 spiro atoms. The topological polar surface area (TPSA) is 60.8 Å². The van der Waals surface area contributed by atoms with Crippen molar-refractivity contribution in [3.05, 3.63) is 0 Å². The fourth-order valence-corrected chi connectivity index (χ4v) is 1.77. The molecule has 0 aromatic carbocycles. The van der Waals surface area contributed by atoms with Gasteiger partial charge in [-0.15, -0.1) is 0 Å². The van der Waals surface area contributed by atoms with Gasteiger partial charge in [-0.2, -0.15) is 0 Å². The smallest absolute Gasteiger partial charge is 0.307 e. The highest BCUT2D eigenvalue weighted by molar-refractivity contribution is 5.67. The molecule has 1 aliphatic rings. The predicted molar refractivity (Wildman–Crippen MR) is 48.3 cm³/mol. The number of aliphatic hydroxyl groups is 1. The monoisotopic (exact) mass is 187 g/mol. The molecule has 2 N–H and O–H groups in total. The highest BCUT2D eigenvalue weighted by Gasteiger charge is 2.32. The number of rotatable bonds is 3. The lowest BCUT2D eigenvalue weighted by Gasteiger charge is -2.38. The number of hydrogen-bond donors (Lipinski definition) is 2. The fourth-order valence-electron chi connectivity index (χ4n) is 1.77. The van der Waals surface area contributed by atoms with Crippen LogP contribution in [0.4, 0.5) is 0 Å². The van der Waals surface area contributed by atoms with Gasteiger partial charge < -0.3 is 10.2 Å². The fraction of sp³-hybridized carbons (Fsp3) is 0.889. The zero-order valence-electron chi connectivity index (χ0n) is 7.99. The maximum atomic E-state index is 10.5. The van der Waals surface area contributed by atoms with Crippen LogP contribution in [0, 0.1) is 0 Å². The van der Waals surface area contributed by atoms with Crippen LogP contribution in [0.3, 0.4) is 0 Å². The molecule has 1 aliphatic heterocycles. The number of hydrogen-bond acceptors (Lipinski definition) is 3. The molecule has 13 heavy (non-hydrogen) atoms. The summed E-state index contributed by atoms with van der Waals surface area (Å²) >= 11 is 0. The van der Waals surface area contributed by atoms with Gasteiger partial charge in [0.05, 0.1) is 6.42 Å². The Morgan fingerprint density at radius 2 is 1.92 bits per heavy atom. The number of aliphatic carboxylic acids is 1. The zero-order chi connectivity index (χ0) is 9.90. The molecule has 4 heteroatoms. The summed E-state index contributed by atoms with van der Waals surface area (Å²) in [6.45, 7) is 3.19. The number of nitrogens with zero attached hydrogens (tertiary/aromatic N) is 1. The van der Waals surface area contributed by atoms with Gasteiger partial charge in [0.1, 0.15) is 5.72 Å². The van der Waals surface area contributed by atoms with E-state index >= 15 is 0 Å². The lowest BCUT2D eigenvalue weighted by Crippen LogP contribution is -2.50. The van der Waals surface area contributed by atoms with Crippen LogP contribution in [0.2, 0.25) is 0 Å². The van der Waals surface area contributed by atoms with E-state index in [2.05, 4.69) is 0 Å². The summed E-state index contributed by atoms with van der Waals surface area (Å²) in [5.74, 6) is -0.949. The molecule has 1 atom stereocenters. The Labute approximate surface area is 78.2 Å². The molecule has 0 aromatic rings. The first kappa shape index (κ1) is 10.5. The lowest BCUT2D eigenvalue weighted by molar-refractivity contribution is -0.155. The van der Waals surface area contributed by atoms with Crippen LogP contribution in [0.5, 0.6) is 0 Å². The standard InChI is InChI=1S/C9H17NO3/c1-9(13,7-8(11)12)10-5-3-2-4-6-10/h13H,2-7H2,1H3,(H,11,12). The van der Waals surface area contributed by atoms with Crippen molar-refractivity contribution in [1.82, 2.24) is 4.90 Å². The van der Waals surface area contributed by atoms with Crippen molar-refractivity contribution in [3.63, 3.8) is 0 Å². The van der Waals surface area contributed by atoms with Gasteiger partial charge in [0, 0.05) is 13.1 Å². The summed E-state index contributed by atoms with van der Waals surface area (Å²) in [5, 5.41) is 18.4. The molecule has 4 nitrogen and oxygen atoms in total. The van der Waals surface area contributed by atoms with Crippen molar-refractivity contribution in [3.8, 4) is 0 Å². The molecule has 1 rings (SSSR count). The minimum Gasteiger partial charge on any atom is -0.481 e. The lowest BCUT2D eigenvalue weighted by atomic mass is 10.0. The summed E-state index contributed by atoms with van der Waals surface area (Å²) in [6.07, 6.45) is 3.08. The molecule has 1 heterocycles. The second-order valence-corrected chi connectivity index (χ2v) is 3.84. The summed E-state index contributed by atoms with van der Waals surface area (Å²) in [7, 11) is 0. The third-order valence-electron chi connectivity index (χ3n) is 2.52. The highest BCUT2D eigenvalue weighted by atomic mass is 16.4. The van der Waals surface area contributed by atoms with Crippen molar-refractivity contribution >= 4 is 5.97 Å². The van der Waals surface area contributed by atoms with Crippen molar-refractivity contribution in [2.45, 2.75) is 38.3 Å². The van der Waals surface area contributed by atoms with Gasteiger partial charge >= 0.3 is 5.97 Å².